The Balaban J connectivity index is 2.69. The van der Waals surface area contributed by atoms with Crippen molar-refractivity contribution in [3.8, 4) is 0 Å². The lowest BCUT2D eigenvalue weighted by atomic mass is 10.0. The first-order valence-corrected chi connectivity index (χ1v) is 5.34. The number of nitrogens with one attached hydrogen (secondary N) is 1. The highest BCUT2D eigenvalue weighted by Crippen LogP contribution is 2.28. The second-order valence-corrected chi connectivity index (χ2v) is 4.08. The van der Waals surface area contributed by atoms with Gasteiger partial charge in [-0.25, -0.2) is 4.98 Å². The van der Waals surface area contributed by atoms with Crippen LogP contribution in [-0.2, 0) is 6.18 Å². The smallest absolute Gasteiger partial charge is 0.367 e. The second-order valence-electron chi connectivity index (χ2n) is 4.08. The largest absolute Gasteiger partial charge is 0.417 e. The van der Waals surface area contributed by atoms with E-state index in [0.717, 1.165) is 12.3 Å². The normalized spacial score (nSPS) is 15.4. The molecule has 2 atom stereocenters. The lowest BCUT2D eigenvalue weighted by Gasteiger charge is -2.20. The third-order valence-electron chi connectivity index (χ3n) is 2.69. The van der Waals surface area contributed by atoms with Gasteiger partial charge in [-0.15, -0.1) is 0 Å². The topological polar surface area (TPSA) is 50.9 Å². The minimum Gasteiger partial charge on any atom is -0.367 e. The average molecular weight is 247 g/mol. The van der Waals surface area contributed by atoms with Crippen molar-refractivity contribution < 1.29 is 13.2 Å². The van der Waals surface area contributed by atoms with E-state index < -0.39 is 11.7 Å². The van der Waals surface area contributed by atoms with Crippen molar-refractivity contribution in [1.29, 1.82) is 0 Å². The zero-order chi connectivity index (χ0) is 13.1. The van der Waals surface area contributed by atoms with Crippen LogP contribution in [0.15, 0.2) is 18.3 Å². The van der Waals surface area contributed by atoms with E-state index in [-0.39, 0.29) is 12.0 Å². The Morgan fingerprint density at radius 3 is 2.41 bits per heavy atom. The molecule has 0 saturated carbocycles. The van der Waals surface area contributed by atoms with Crippen molar-refractivity contribution >= 4 is 5.82 Å². The molecule has 0 fully saturated rings. The van der Waals surface area contributed by atoms with Gasteiger partial charge in [-0.2, -0.15) is 13.2 Å². The van der Waals surface area contributed by atoms with Gasteiger partial charge in [-0.3, -0.25) is 0 Å². The summed E-state index contributed by atoms with van der Waals surface area (Å²) in [6.07, 6.45) is -3.52. The molecule has 0 aromatic carbocycles. The molecule has 1 aromatic rings. The third-order valence-corrected chi connectivity index (χ3v) is 2.69. The van der Waals surface area contributed by atoms with Gasteiger partial charge in [-0.05, 0) is 31.5 Å². The van der Waals surface area contributed by atoms with Crippen LogP contribution in [0.25, 0.3) is 0 Å². The Labute approximate surface area is 98.2 Å². The van der Waals surface area contributed by atoms with Crippen LogP contribution >= 0.6 is 0 Å². The molecule has 0 bridgehead atoms. The fourth-order valence-corrected chi connectivity index (χ4v) is 1.23. The number of rotatable bonds is 4. The van der Waals surface area contributed by atoms with Crippen LogP contribution in [0.5, 0.6) is 0 Å². The number of anilines is 1. The summed E-state index contributed by atoms with van der Waals surface area (Å²) in [4.78, 5) is 3.73. The quantitative estimate of drug-likeness (QED) is 0.859. The zero-order valence-corrected chi connectivity index (χ0v) is 9.75. The van der Waals surface area contributed by atoms with Gasteiger partial charge in [0, 0.05) is 12.2 Å². The average Bonchev–Trinajstić information content (AvgIpc) is 2.27. The number of nitrogens with two attached hydrogens (primary N) is 1. The van der Waals surface area contributed by atoms with E-state index in [9.17, 15) is 13.2 Å². The Bertz CT molecular complexity index is 348. The fourth-order valence-electron chi connectivity index (χ4n) is 1.23. The Kier molecular flexibility index (Phi) is 4.34. The molecular weight excluding hydrogens is 231 g/mol. The third kappa shape index (κ3) is 3.89. The number of nitrogens with zero attached hydrogens (tertiary/aromatic N) is 1. The molecule has 0 aliphatic carbocycles. The molecule has 0 spiro atoms. The highest BCUT2D eigenvalue weighted by atomic mass is 19.4. The second kappa shape index (κ2) is 5.35. The SMILES string of the molecule is CC(CN)C(C)Nc1ccc(C(F)(F)F)cn1. The minimum atomic E-state index is -4.35. The van der Waals surface area contributed by atoms with Gasteiger partial charge in [0.1, 0.15) is 5.82 Å². The summed E-state index contributed by atoms with van der Waals surface area (Å²) >= 11 is 0. The molecule has 0 aliphatic rings. The Morgan fingerprint density at radius 2 is 2.00 bits per heavy atom. The van der Waals surface area contributed by atoms with E-state index in [1.54, 1.807) is 0 Å². The summed E-state index contributed by atoms with van der Waals surface area (Å²) in [5.41, 5.74) is 4.75. The lowest BCUT2D eigenvalue weighted by Crippen LogP contribution is -2.29. The lowest BCUT2D eigenvalue weighted by molar-refractivity contribution is -0.137. The van der Waals surface area contributed by atoms with E-state index >= 15 is 0 Å². The highest BCUT2D eigenvalue weighted by molar-refractivity contribution is 5.37. The summed E-state index contributed by atoms with van der Waals surface area (Å²) in [5.74, 6) is 0.643. The van der Waals surface area contributed by atoms with E-state index in [1.807, 2.05) is 13.8 Å². The van der Waals surface area contributed by atoms with Crippen LogP contribution in [0, 0.1) is 5.92 Å². The van der Waals surface area contributed by atoms with Crippen molar-refractivity contribution in [2.45, 2.75) is 26.1 Å². The maximum absolute atomic E-state index is 12.3. The van der Waals surface area contributed by atoms with Gasteiger partial charge in [-0.1, -0.05) is 6.92 Å². The molecule has 1 heterocycles. The summed E-state index contributed by atoms with van der Waals surface area (Å²) < 4.78 is 36.9. The van der Waals surface area contributed by atoms with Gasteiger partial charge in [0.05, 0.1) is 5.56 Å². The molecular formula is C11H16F3N3. The van der Waals surface area contributed by atoms with Crippen molar-refractivity contribution in [3.63, 3.8) is 0 Å². The first-order valence-electron chi connectivity index (χ1n) is 5.34. The van der Waals surface area contributed by atoms with Crippen molar-refractivity contribution in [2.24, 2.45) is 11.7 Å². The van der Waals surface area contributed by atoms with Crippen molar-refractivity contribution in [1.82, 2.24) is 4.98 Å². The number of halogens is 3. The van der Waals surface area contributed by atoms with Crippen LogP contribution in [0.3, 0.4) is 0 Å². The van der Waals surface area contributed by atoms with Crippen LogP contribution in [-0.4, -0.2) is 17.6 Å². The van der Waals surface area contributed by atoms with E-state index in [1.165, 1.54) is 6.07 Å². The summed E-state index contributed by atoms with van der Waals surface area (Å²) in [5, 5.41) is 3.01. The maximum Gasteiger partial charge on any atom is 0.417 e. The van der Waals surface area contributed by atoms with Gasteiger partial charge in [0.2, 0.25) is 0 Å². The molecule has 0 aliphatic heterocycles. The minimum absolute atomic E-state index is 0.0595. The van der Waals surface area contributed by atoms with E-state index in [2.05, 4.69) is 10.3 Å². The van der Waals surface area contributed by atoms with Crippen molar-refractivity contribution in [2.75, 3.05) is 11.9 Å². The van der Waals surface area contributed by atoms with Crippen molar-refractivity contribution in [3.05, 3.63) is 23.9 Å². The summed E-state index contributed by atoms with van der Waals surface area (Å²) in [6.45, 7) is 4.38. The molecule has 1 rings (SSSR count). The van der Waals surface area contributed by atoms with Gasteiger partial charge in [0.25, 0.3) is 0 Å². The number of aromatic nitrogens is 1. The molecule has 0 saturated heterocycles. The molecule has 0 radical (unpaired) electrons. The maximum atomic E-state index is 12.3. The molecule has 3 nitrogen and oxygen atoms in total. The van der Waals surface area contributed by atoms with Crippen LogP contribution in [0.1, 0.15) is 19.4 Å². The predicted octanol–water partition coefficient (Wildman–Crippen LogP) is 2.50. The van der Waals surface area contributed by atoms with E-state index in [0.29, 0.717) is 12.4 Å². The monoisotopic (exact) mass is 247 g/mol. The predicted molar refractivity (Wildman–Crippen MR) is 60.5 cm³/mol. The Morgan fingerprint density at radius 1 is 1.35 bits per heavy atom. The molecule has 3 N–H and O–H groups in total. The van der Waals surface area contributed by atoms with Gasteiger partial charge < -0.3 is 11.1 Å². The van der Waals surface area contributed by atoms with Gasteiger partial charge in [0.15, 0.2) is 0 Å². The molecule has 1 aromatic heterocycles. The standard InChI is InChI=1S/C11H16F3N3/c1-7(5-15)8(2)17-10-4-3-9(6-16-10)11(12,13)14/h3-4,6-8H,5,15H2,1-2H3,(H,16,17). The van der Waals surface area contributed by atoms with Crippen LogP contribution in [0.2, 0.25) is 0 Å². The Hall–Kier alpha value is -1.30. The zero-order valence-electron chi connectivity index (χ0n) is 9.75. The van der Waals surface area contributed by atoms with Crippen LogP contribution < -0.4 is 11.1 Å². The first kappa shape index (κ1) is 13.8. The number of alkyl halides is 3. The van der Waals surface area contributed by atoms with E-state index in [4.69, 9.17) is 5.73 Å². The molecule has 6 heteroatoms. The number of hydrogen-bond acceptors (Lipinski definition) is 3. The molecule has 0 amide bonds. The summed E-state index contributed by atoms with van der Waals surface area (Å²) in [7, 11) is 0. The number of pyridine rings is 1. The van der Waals surface area contributed by atoms with Crippen LogP contribution in [0.4, 0.5) is 19.0 Å². The fraction of sp³-hybridized carbons (Fsp3) is 0.545. The highest BCUT2D eigenvalue weighted by Gasteiger charge is 2.30. The first-order chi connectivity index (χ1) is 7.84. The molecule has 17 heavy (non-hydrogen) atoms. The summed E-state index contributed by atoms with van der Waals surface area (Å²) in [6, 6.07) is 2.39. The molecule has 96 valence electrons. The number of hydrogen-bond donors (Lipinski definition) is 2. The molecule has 2 unspecified atom stereocenters. The van der Waals surface area contributed by atoms with Gasteiger partial charge >= 0.3 is 6.18 Å².